The Bertz CT molecular complexity index is 894. The van der Waals surface area contributed by atoms with E-state index in [9.17, 15) is 20.4 Å². The van der Waals surface area contributed by atoms with Crippen LogP contribution in [-0.4, -0.2) is 20.4 Å². The van der Waals surface area contributed by atoms with Gasteiger partial charge in [0.15, 0.2) is 11.5 Å². The van der Waals surface area contributed by atoms with Crippen molar-refractivity contribution in [3.05, 3.63) is 81.9 Å². The van der Waals surface area contributed by atoms with Crippen LogP contribution < -0.4 is 0 Å². The van der Waals surface area contributed by atoms with E-state index in [2.05, 4.69) is 0 Å². The third-order valence-corrected chi connectivity index (χ3v) is 5.29. The Morgan fingerprint density at radius 2 is 0.750 bits per heavy atom. The molecule has 0 radical (unpaired) electrons. The fourth-order valence-electron chi connectivity index (χ4n) is 4.35. The Morgan fingerprint density at radius 1 is 0.458 bits per heavy atom. The minimum absolute atomic E-state index is 0.283. The van der Waals surface area contributed by atoms with Gasteiger partial charge in [0.25, 0.3) is 0 Å². The number of hydrogen-bond acceptors (Lipinski definition) is 4. The van der Waals surface area contributed by atoms with Gasteiger partial charge in [-0.3, -0.25) is 0 Å². The lowest BCUT2D eigenvalue weighted by molar-refractivity contribution is 0.338. The smallest absolute Gasteiger partial charge is 0.204 e. The van der Waals surface area contributed by atoms with Crippen LogP contribution in [0.3, 0.4) is 0 Å². The second kappa shape index (κ2) is 4.23. The highest BCUT2D eigenvalue weighted by Gasteiger charge is 2.45. The van der Waals surface area contributed by atoms with Gasteiger partial charge in [-0.05, 0) is 22.3 Å². The predicted octanol–water partition coefficient (Wildman–Crippen LogP) is 3.50. The molecule has 118 valence electrons. The largest absolute Gasteiger partial charge is 0.504 e. The van der Waals surface area contributed by atoms with Gasteiger partial charge >= 0.3 is 0 Å². The molecule has 4 N–H and O–H groups in total. The predicted molar refractivity (Wildman–Crippen MR) is 87.9 cm³/mol. The molecule has 0 atom stereocenters. The average Bonchev–Trinajstić information content (AvgIpc) is 2.64. The fraction of sp³-hybridized carbons (Fsp3) is 0.100. The molecule has 24 heavy (non-hydrogen) atoms. The summed E-state index contributed by atoms with van der Waals surface area (Å²) in [7, 11) is 0. The van der Waals surface area contributed by atoms with Crippen molar-refractivity contribution in [1.29, 1.82) is 0 Å². The Hall–Kier alpha value is -3.14. The number of rotatable bonds is 0. The van der Waals surface area contributed by atoms with Crippen molar-refractivity contribution in [2.75, 3.05) is 0 Å². The van der Waals surface area contributed by atoms with E-state index < -0.39 is 11.5 Å². The maximum Gasteiger partial charge on any atom is 0.204 e. The zero-order valence-electron chi connectivity index (χ0n) is 12.6. The molecule has 3 aliphatic carbocycles. The van der Waals surface area contributed by atoms with Crippen LogP contribution in [0, 0.1) is 0 Å². The first-order chi connectivity index (χ1) is 11.6. The van der Waals surface area contributed by atoms with Gasteiger partial charge in [0.1, 0.15) is 0 Å². The first-order valence-electron chi connectivity index (χ1n) is 7.78. The van der Waals surface area contributed by atoms with E-state index >= 15 is 0 Å². The van der Waals surface area contributed by atoms with Gasteiger partial charge in [-0.2, -0.15) is 0 Å². The van der Waals surface area contributed by atoms with Crippen LogP contribution in [0.4, 0.5) is 0 Å². The third kappa shape index (κ3) is 1.35. The zero-order chi connectivity index (χ0) is 16.6. The van der Waals surface area contributed by atoms with Gasteiger partial charge in [0, 0.05) is 23.0 Å². The van der Waals surface area contributed by atoms with Crippen LogP contribution in [0.1, 0.15) is 45.2 Å². The van der Waals surface area contributed by atoms with Gasteiger partial charge in [0.2, 0.25) is 11.5 Å². The lowest BCUT2D eigenvalue weighted by Crippen LogP contribution is -2.27. The minimum atomic E-state index is -0.672. The van der Waals surface area contributed by atoms with Gasteiger partial charge in [-0.15, -0.1) is 0 Å². The first kappa shape index (κ1) is 13.3. The van der Waals surface area contributed by atoms with Gasteiger partial charge in [-0.25, -0.2) is 0 Å². The highest BCUT2D eigenvalue weighted by Crippen LogP contribution is 2.63. The second-order valence-corrected chi connectivity index (χ2v) is 6.35. The van der Waals surface area contributed by atoms with Crippen molar-refractivity contribution >= 4 is 0 Å². The SMILES string of the molecule is Oc1c(O)c(O)c2c(c1O)C1c3ccccc3C2c2ccccc21. The second-order valence-electron chi connectivity index (χ2n) is 6.35. The fourth-order valence-corrected chi connectivity index (χ4v) is 4.35. The molecule has 3 aromatic carbocycles. The van der Waals surface area contributed by atoms with E-state index in [1.807, 2.05) is 48.5 Å². The van der Waals surface area contributed by atoms with Crippen LogP contribution >= 0.6 is 0 Å². The molecule has 0 spiro atoms. The molecular weight excluding hydrogens is 304 g/mol. The molecule has 0 aromatic heterocycles. The van der Waals surface area contributed by atoms with Crippen molar-refractivity contribution in [2.24, 2.45) is 0 Å². The Balaban J connectivity index is 1.98. The first-order valence-corrected chi connectivity index (χ1v) is 7.78. The lowest BCUT2D eigenvalue weighted by atomic mass is 9.60. The molecule has 0 saturated carbocycles. The summed E-state index contributed by atoms with van der Waals surface area (Å²) in [6.45, 7) is 0. The molecule has 3 aromatic rings. The third-order valence-electron chi connectivity index (χ3n) is 5.29. The number of benzene rings is 3. The van der Waals surface area contributed by atoms with Gasteiger partial charge in [0.05, 0.1) is 0 Å². The topological polar surface area (TPSA) is 80.9 Å². The Kier molecular flexibility index (Phi) is 2.35. The summed E-state index contributed by atoms with van der Waals surface area (Å²) in [4.78, 5) is 0. The molecule has 6 rings (SSSR count). The van der Waals surface area contributed by atoms with Crippen LogP contribution in [0.15, 0.2) is 48.5 Å². The van der Waals surface area contributed by atoms with Crippen molar-refractivity contribution < 1.29 is 20.4 Å². The summed E-state index contributed by atoms with van der Waals surface area (Å²) in [5, 5.41) is 41.0. The summed E-state index contributed by atoms with van der Waals surface area (Å²) in [6.07, 6.45) is 0. The average molecular weight is 318 g/mol. The summed E-state index contributed by atoms with van der Waals surface area (Å²) in [5.41, 5.74) is 5.15. The van der Waals surface area contributed by atoms with Crippen molar-refractivity contribution in [3.63, 3.8) is 0 Å². The molecule has 4 heteroatoms. The quantitative estimate of drug-likeness (QED) is 0.260. The van der Waals surface area contributed by atoms with E-state index in [-0.39, 0.29) is 23.3 Å². The summed E-state index contributed by atoms with van der Waals surface area (Å²) >= 11 is 0. The number of hydrogen-bond donors (Lipinski definition) is 4. The van der Waals surface area contributed by atoms with Crippen molar-refractivity contribution in [3.8, 4) is 23.0 Å². The monoisotopic (exact) mass is 318 g/mol. The van der Waals surface area contributed by atoms with E-state index in [4.69, 9.17) is 0 Å². The molecule has 0 aliphatic heterocycles. The molecular formula is C20H14O4. The van der Waals surface area contributed by atoms with Crippen molar-refractivity contribution in [1.82, 2.24) is 0 Å². The van der Waals surface area contributed by atoms with Gasteiger partial charge in [-0.1, -0.05) is 48.5 Å². The summed E-state index contributed by atoms with van der Waals surface area (Å²) in [5.74, 6) is -2.63. The molecule has 3 aliphatic rings. The zero-order valence-corrected chi connectivity index (χ0v) is 12.6. The van der Waals surface area contributed by atoms with Crippen LogP contribution in [0.5, 0.6) is 23.0 Å². The minimum Gasteiger partial charge on any atom is -0.504 e. The van der Waals surface area contributed by atoms with E-state index in [1.165, 1.54) is 0 Å². The maximum atomic E-state index is 10.5. The van der Waals surface area contributed by atoms with E-state index in [1.54, 1.807) is 0 Å². The molecule has 0 amide bonds. The van der Waals surface area contributed by atoms with Crippen molar-refractivity contribution in [2.45, 2.75) is 11.8 Å². The molecule has 0 heterocycles. The van der Waals surface area contributed by atoms with Crippen LogP contribution in [-0.2, 0) is 0 Å². The van der Waals surface area contributed by atoms with E-state index in [0.29, 0.717) is 11.1 Å². The van der Waals surface area contributed by atoms with E-state index in [0.717, 1.165) is 22.3 Å². The Morgan fingerprint density at radius 3 is 1.04 bits per heavy atom. The maximum absolute atomic E-state index is 10.5. The number of phenols is 4. The number of aromatic hydroxyl groups is 4. The van der Waals surface area contributed by atoms with Crippen LogP contribution in [0.25, 0.3) is 0 Å². The molecule has 4 nitrogen and oxygen atoms in total. The highest BCUT2D eigenvalue weighted by atomic mass is 16.3. The molecule has 0 unspecified atom stereocenters. The molecule has 0 saturated heterocycles. The highest BCUT2D eigenvalue weighted by molar-refractivity contribution is 5.77. The lowest BCUT2D eigenvalue weighted by Gasteiger charge is -2.42. The normalized spacial score (nSPS) is 19.5. The van der Waals surface area contributed by atoms with Gasteiger partial charge < -0.3 is 20.4 Å². The number of phenolic OH excluding ortho intramolecular Hbond substituents is 4. The summed E-state index contributed by atoms with van der Waals surface area (Å²) < 4.78 is 0. The summed E-state index contributed by atoms with van der Waals surface area (Å²) in [6, 6.07) is 15.8. The molecule has 2 bridgehead atoms. The Labute approximate surface area is 137 Å². The standard InChI is InChI=1S/C20H14O4/c21-17-15-13-9-5-1-2-6-10(9)14(12-8-4-3-7-11(12)13)16(15)18(22)20(24)19(17)23/h1-8,13-14,21-24H. The van der Waals surface area contributed by atoms with Crippen LogP contribution in [0.2, 0.25) is 0 Å². The molecule has 0 fully saturated rings.